The highest BCUT2D eigenvalue weighted by atomic mass is 16.5. The molecule has 0 saturated heterocycles. The Kier molecular flexibility index (Phi) is 5.22. The fourth-order valence-corrected chi connectivity index (χ4v) is 2.94. The van der Waals surface area contributed by atoms with Crippen molar-refractivity contribution in [1.29, 1.82) is 5.41 Å². The van der Waals surface area contributed by atoms with E-state index in [4.69, 9.17) is 15.9 Å². The normalized spacial score (nSPS) is 10.3. The van der Waals surface area contributed by atoms with Crippen molar-refractivity contribution in [3.05, 3.63) is 77.4 Å². The van der Waals surface area contributed by atoms with Crippen LogP contribution in [0.3, 0.4) is 0 Å². The zero-order chi connectivity index (χ0) is 19.4. The van der Waals surface area contributed by atoms with Crippen LogP contribution in [0.5, 0.6) is 11.5 Å². The zero-order valence-electron chi connectivity index (χ0n) is 15.2. The van der Waals surface area contributed by atoms with Gasteiger partial charge in [-0.2, -0.15) is 0 Å². The molecular weight excluding hydrogens is 338 g/mol. The number of carbonyl (C=O) groups excluding carboxylic acids is 1. The van der Waals surface area contributed by atoms with Gasteiger partial charge in [0.1, 0.15) is 11.5 Å². The predicted molar refractivity (Wildman–Crippen MR) is 109 cm³/mol. The predicted octanol–water partition coefficient (Wildman–Crippen LogP) is 4.59. The Bertz CT molecular complexity index is 1010. The number of carbonyl (C=O) groups is 1. The summed E-state index contributed by atoms with van der Waals surface area (Å²) in [7, 11) is 1.81. The van der Waals surface area contributed by atoms with Crippen molar-refractivity contribution >= 4 is 17.8 Å². The molecule has 5 nitrogen and oxygen atoms in total. The van der Waals surface area contributed by atoms with Gasteiger partial charge in [0.25, 0.3) is 0 Å². The number of nitrogens with two attached hydrogens (primary N) is 1. The van der Waals surface area contributed by atoms with Crippen LogP contribution in [0.4, 0.5) is 5.69 Å². The average Bonchev–Trinajstić information content (AvgIpc) is 2.67. The van der Waals surface area contributed by atoms with Crippen molar-refractivity contribution in [3.63, 3.8) is 0 Å². The maximum atomic E-state index is 11.4. The third kappa shape index (κ3) is 3.98. The van der Waals surface area contributed by atoms with E-state index in [1.54, 1.807) is 6.07 Å². The van der Waals surface area contributed by atoms with Gasteiger partial charge in [-0.1, -0.05) is 24.3 Å². The Balaban J connectivity index is 1.89. The maximum Gasteiger partial charge on any atom is 0.248 e. The third-order valence-corrected chi connectivity index (χ3v) is 4.34. The monoisotopic (exact) mass is 359 g/mol. The molecule has 0 heterocycles. The van der Waals surface area contributed by atoms with E-state index in [0.717, 1.165) is 27.9 Å². The molecule has 3 rings (SSSR count). The first-order valence-corrected chi connectivity index (χ1v) is 8.53. The number of aryl methyl sites for hydroxylation is 1. The first-order chi connectivity index (χ1) is 13.0. The van der Waals surface area contributed by atoms with Crippen LogP contribution in [0.15, 0.2) is 60.7 Å². The summed E-state index contributed by atoms with van der Waals surface area (Å²) >= 11 is 0. The van der Waals surface area contributed by atoms with Gasteiger partial charge in [0, 0.05) is 36.1 Å². The summed E-state index contributed by atoms with van der Waals surface area (Å²) < 4.78 is 5.99. The van der Waals surface area contributed by atoms with Gasteiger partial charge in [0.2, 0.25) is 5.91 Å². The molecule has 0 radical (unpaired) electrons. The molecule has 0 aliphatic rings. The summed E-state index contributed by atoms with van der Waals surface area (Å²) in [4.78, 5) is 11.4. The Morgan fingerprint density at radius 1 is 1.04 bits per heavy atom. The number of hydrogen-bond donors (Lipinski definition) is 3. The van der Waals surface area contributed by atoms with E-state index in [0.29, 0.717) is 17.1 Å². The summed E-state index contributed by atoms with van der Waals surface area (Å²) in [6.07, 6.45) is 1.30. The molecule has 3 aromatic carbocycles. The van der Waals surface area contributed by atoms with Crippen molar-refractivity contribution in [2.45, 2.75) is 6.92 Å². The minimum Gasteiger partial charge on any atom is -0.457 e. The molecule has 5 heteroatoms. The number of ether oxygens (including phenoxy) is 1. The van der Waals surface area contributed by atoms with Gasteiger partial charge in [-0.25, -0.2) is 0 Å². The van der Waals surface area contributed by atoms with Crippen LogP contribution in [0, 0.1) is 12.3 Å². The zero-order valence-corrected chi connectivity index (χ0v) is 15.2. The molecule has 1 amide bonds. The second-order valence-corrected chi connectivity index (χ2v) is 6.17. The lowest BCUT2D eigenvalue weighted by atomic mass is 9.99. The topological polar surface area (TPSA) is 88.2 Å². The van der Waals surface area contributed by atoms with Crippen molar-refractivity contribution in [2.24, 2.45) is 5.73 Å². The molecule has 0 unspecified atom stereocenters. The second kappa shape index (κ2) is 7.74. The molecular formula is C22H21N3O2. The Morgan fingerprint density at radius 3 is 2.44 bits per heavy atom. The fourth-order valence-electron chi connectivity index (χ4n) is 2.94. The van der Waals surface area contributed by atoms with Crippen molar-refractivity contribution in [3.8, 4) is 22.6 Å². The summed E-state index contributed by atoms with van der Waals surface area (Å²) in [6.45, 7) is 1.87. The summed E-state index contributed by atoms with van der Waals surface area (Å²) in [6, 6.07) is 18.8. The van der Waals surface area contributed by atoms with Gasteiger partial charge in [-0.05, 0) is 53.9 Å². The second-order valence-electron chi connectivity index (χ2n) is 6.17. The van der Waals surface area contributed by atoms with Crippen molar-refractivity contribution < 1.29 is 9.53 Å². The van der Waals surface area contributed by atoms with Crippen LogP contribution in [0.2, 0.25) is 0 Å². The number of nitrogens with one attached hydrogen (secondary N) is 2. The molecule has 0 spiro atoms. The average molecular weight is 359 g/mol. The Labute approximate surface area is 158 Å². The summed E-state index contributed by atoms with van der Waals surface area (Å²) in [5.74, 6) is 0.959. The highest BCUT2D eigenvalue weighted by molar-refractivity contribution is 5.95. The first kappa shape index (κ1) is 18.2. The van der Waals surface area contributed by atoms with E-state index in [-0.39, 0.29) is 0 Å². The molecule has 0 fully saturated rings. The number of anilines is 1. The highest BCUT2D eigenvalue weighted by Crippen LogP contribution is 2.30. The SMILES string of the molecule is CNc1cc(Oc2cccc(-c3ccc(C(N)=O)c(C)c3)c2)ccc1C=N. The summed E-state index contributed by atoms with van der Waals surface area (Å²) in [5.41, 5.74) is 10.3. The lowest BCUT2D eigenvalue weighted by molar-refractivity contribution is 0.0999. The lowest BCUT2D eigenvalue weighted by Crippen LogP contribution is -2.12. The molecule has 0 atom stereocenters. The van der Waals surface area contributed by atoms with E-state index in [2.05, 4.69) is 5.32 Å². The standard InChI is InChI=1S/C22H21N3O2/c1-14-10-16(7-9-20(14)22(24)26)15-4-3-5-18(11-15)27-19-8-6-17(13-23)21(12-19)25-2/h3-13,23,25H,1-2H3,(H2,24,26). The molecule has 3 aromatic rings. The third-order valence-electron chi connectivity index (χ3n) is 4.34. The van der Waals surface area contributed by atoms with Crippen LogP contribution in [0.25, 0.3) is 11.1 Å². The quantitative estimate of drug-likeness (QED) is 0.562. The number of hydrogen-bond acceptors (Lipinski definition) is 4. The minimum absolute atomic E-state index is 0.426. The Morgan fingerprint density at radius 2 is 1.78 bits per heavy atom. The molecule has 0 bridgehead atoms. The molecule has 0 aliphatic heterocycles. The van der Waals surface area contributed by atoms with Gasteiger partial charge in [0.05, 0.1) is 0 Å². The van der Waals surface area contributed by atoms with Crippen LogP contribution >= 0.6 is 0 Å². The van der Waals surface area contributed by atoms with Crippen LogP contribution in [-0.4, -0.2) is 19.2 Å². The molecule has 27 heavy (non-hydrogen) atoms. The maximum absolute atomic E-state index is 11.4. The number of amides is 1. The first-order valence-electron chi connectivity index (χ1n) is 8.53. The van der Waals surface area contributed by atoms with E-state index >= 15 is 0 Å². The number of benzene rings is 3. The van der Waals surface area contributed by atoms with Gasteiger partial charge in [-0.3, -0.25) is 4.79 Å². The molecule has 136 valence electrons. The molecule has 4 N–H and O–H groups in total. The number of primary amides is 1. The van der Waals surface area contributed by atoms with Crippen LogP contribution < -0.4 is 15.8 Å². The highest BCUT2D eigenvalue weighted by Gasteiger charge is 2.08. The largest absolute Gasteiger partial charge is 0.457 e. The molecule has 0 saturated carbocycles. The van der Waals surface area contributed by atoms with Crippen molar-refractivity contribution in [1.82, 2.24) is 0 Å². The smallest absolute Gasteiger partial charge is 0.248 e. The molecule has 0 aliphatic carbocycles. The van der Waals surface area contributed by atoms with Crippen molar-refractivity contribution in [2.75, 3.05) is 12.4 Å². The molecule has 0 aromatic heterocycles. The van der Waals surface area contributed by atoms with Crippen LogP contribution in [-0.2, 0) is 0 Å². The van der Waals surface area contributed by atoms with Gasteiger partial charge >= 0.3 is 0 Å². The number of rotatable bonds is 6. The van der Waals surface area contributed by atoms with Crippen LogP contribution in [0.1, 0.15) is 21.5 Å². The fraction of sp³-hybridized carbons (Fsp3) is 0.0909. The van der Waals surface area contributed by atoms with Gasteiger partial charge < -0.3 is 21.2 Å². The lowest BCUT2D eigenvalue weighted by Gasteiger charge is -2.11. The summed E-state index contributed by atoms with van der Waals surface area (Å²) in [5, 5.41) is 10.5. The van der Waals surface area contributed by atoms with E-state index in [1.165, 1.54) is 6.21 Å². The van der Waals surface area contributed by atoms with E-state index in [9.17, 15) is 4.79 Å². The Hall–Kier alpha value is -3.60. The van der Waals surface area contributed by atoms with Gasteiger partial charge in [-0.15, -0.1) is 0 Å². The van der Waals surface area contributed by atoms with E-state index < -0.39 is 5.91 Å². The minimum atomic E-state index is -0.426. The van der Waals surface area contributed by atoms with E-state index in [1.807, 2.05) is 68.6 Å². The van der Waals surface area contributed by atoms with Gasteiger partial charge in [0.15, 0.2) is 0 Å².